The number of allylic oxidation sites excluding steroid dienone is 4. The SMILES string of the molecule is O=C1C=CCC2=CC2CC1. The Hall–Kier alpha value is -0.850. The summed E-state index contributed by atoms with van der Waals surface area (Å²) in [5.74, 6) is 0.980. The Balaban J connectivity index is 2.05. The van der Waals surface area contributed by atoms with Gasteiger partial charge in [0.25, 0.3) is 0 Å². The molecule has 0 heterocycles. The lowest BCUT2D eigenvalue weighted by Gasteiger charge is -1.99. The summed E-state index contributed by atoms with van der Waals surface area (Å²) in [6, 6.07) is 0. The van der Waals surface area contributed by atoms with E-state index in [1.165, 1.54) is 5.57 Å². The maximum atomic E-state index is 10.9. The molecule has 0 radical (unpaired) electrons. The standard InChI is InChI=1S/C9H10O/c10-9-3-1-2-7-6-8(7)4-5-9/h1,3,6,8H,2,4-5H2. The molecule has 0 aromatic carbocycles. The summed E-state index contributed by atoms with van der Waals surface area (Å²) in [6.07, 6.45) is 8.77. The Bertz CT molecular complexity index is 223. The average Bonchev–Trinajstić information content (AvgIpc) is 2.59. The van der Waals surface area contributed by atoms with Gasteiger partial charge in [-0.1, -0.05) is 17.7 Å². The van der Waals surface area contributed by atoms with Gasteiger partial charge in [-0.15, -0.1) is 0 Å². The molecule has 0 aromatic heterocycles. The van der Waals surface area contributed by atoms with Gasteiger partial charge in [0, 0.05) is 6.42 Å². The second-order valence-corrected chi connectivity index (χ2v) is 2.96. The predicted molar refractivity (Wildman–Crippen MR) is 39.6 cm³/mol. The number of carbonyl (C=O) groups is 1. The summed E-state index contributed by atoms with van der Waals surface area (Å²) in [4.78, 5) is 10.9. The van der Waals surface area contributed by atoms with Crippen molar-refractivity contribution in [3.63, 3.8) is 0 Å². The molecule has 10 heavy (non-hydrogen) atoms. The fraction of sp³-hybridized carbons (Fsp3) is 0.444. The van der Waals surface area contributed by atoms with Crippen LogP contribution in [0.4, 0.5) is 0 Å². The fourth-order valence-corrected chi connectivity index (χ4v) is 1.41. The van der Waals surface area contributed by atoms with Crippen LogP contribution < -0.4 is 0 Å². The highest BCUT2D eigenvalue weighted by molar-refractivity contribution is 5.89. The summed E-state index contributed by atoms with van der Waals surface area (Å²) in [6.45, 7) is 0. The molecule has 0 saturated heterocycles. The van der Waals surface area contributed by atoms with Crippen LogP contribution in [0.5, 0.6) is 0 Å². The number of carbonyl (C=O) groups excluding carboxylic acids is 1. The van der Waals surface area contributed by atoms with Gasteiger partial charge in [-0.2, -0.15) is 0 Å². The van der Waals surface area contributed by atoms with E-state index in [1.807, 2.05) is 6.08 Å². The smallest absolute Gasteiger partial charge is 0.155 e. The van der Waals surface area contributed by atoms with Crippen LogP contribution >= 0.6 is 0 Å². The Labute approximate surface area is 60.4 Å². The Morgan fingerprint density at radius 3 is 3.30 bits per heavy atom. The maximum absolute atomic E-state index is 10.9. The highest BCUT2D eigenvalue weighted by Crippen LogP contribution is 2.36. The first-order valence-corrected chi connectivity index (χ1v) is 3.76. The van der Waals surface area contributed by atoms with Gasteiger partial charge in [0.1, 0.15) is 0 Å². The lowest BCUT2D eigenvalue weighted by molar-refractivity contribution is -0.114. The van der Waals surface area contributed by atoms with Crippen molar-refractivity contribution in [1.82, 2.24) is 0 Å². The van der Waals surface area contributed by atoms with Crippen molar-refractivity contribution in [1.29, 1.82) is 0 Å². The number of hydrogen-bond acceptors (Lipinski definition) is 1. The monoisotopic (exact) mass is 134 g/mol. The molecule has 0 spiro atoms. The zero-order valence-electron chi connectivity index (χ0n) is 5.84. The average molecular weight is 134 g/mol. The summed E-state index contributed by atoms with van der Waals surface area (Å²) < 4.78 is 0. The van der Waals surface area contributed by atoms with E-state index >= 15 is 0 Å². The molecule has 1 nitrogen and oxygen atoms in total. The third-order valence-electron chi connectivity index (χ3n) is 2.14. The highest BCUT2D eigenvalue weighted by atomic mass is 16.1. The maximum Gasteiger partial charge on any atom is 0.155 e. The molecule has 1 atom stereocenters. The lowest BCUT2D eigenvalue weighted by Crippen LogP contribution is -1.96. The summed E-state index contributed by atoms with van der Waals surface area (Å²) >= 11 is 0. The predicted octanol–water partition coefficient (Wildman–Crippen LogP) is 1.85. The van der Waals surface area contributed by atoms with Gasteiger partial charge >= 0.3 is 0 Å². The second-order valence-electron chi connectivity index (χ2n) is 2.96. The molecule has 0 N–H and O–H groups in total. The molecule has 2 aliphatic carbocycles. The fourth-order valence-electron chi connectivity index (χ4n) is 1.41. The van der Waals surface area contributed by atoms with Crippen LogP contribution in [0.3, 0.4) is 0 Å². The molecule has 0 aromatic rings. The van der Waals surface area contributed by atoms with Crippen molar-refractivity contribution in [2.75, 3.05) is 0 Å². The van der Waals surface area contributed by atoms with Crippen LogP contribution in [-0.4, -0.2) is 5.78 Å². The molecular weight excluding hydrogens is 124 g/mol. The van der Waals surface area contributed by atoms with E-state index in [1.54, 1.807) is 6.08 Å². The molecule has 0 amide bonds. The van der Waals surface area contributed by atoms with E-state index in [2.05, 4.69) is 6.08 Å². The lowest BCUT2D eigenvalue weighted by atomic mass is 10.0. The number of hydrogen-bond donors (Lipinski definition) is 0. The minimum absolute atomic E-state index is 0.291. The van der Waals surface area contributed by atoms with Crippen LogP contribution in [-0.2, 0) is 4.79 Å². The highest BCUT2D eigenvalue weighted by Gasteiger charge is 2.24. The van der Waals surface area contributed by atoms with Crippen LogP contribution in [0.2, 0.25) is 0 Å². The van der Waals surface area contributed by atoms with Crippen molar-refractivity contribution in [3.05, 3.63) is 23.8 Å². The van der Waals surface area contributed by atoms with Gasteiger partial charge in [0.2, 0.25) is 0 Å². The summed E-state index contributed by atoms with van der Waals surface area (Å²) in [7, 11) is 0. The third-order valence-corrected chi connectivity index (χ3v) is 2.14. The van der Waals surface area contributed by atoms with Crippen molar-refractivity contribution < 1.29 is 4.79 Å². The molecular formula is C9H10O. The molecule has 1 unspecified atom stereocenters. The molecule has 0 aliphatic heterocycles. The second kappa shape index (κ2) is 2.08. The molecule has 0 saturated carbocycles. The van der Waals surface area contributed by atoms with Gasteiger partial charge in [-0.25, -0.2) is 0 Å². The van der Waals surface area contributed by atoms with Gasteiger partial charge in [0.15, 0.2) is 5.78 Å². The van der Waals surface area contributed by atoms with Gasteiger partial charge in [-0.05, 0) is 24.8 Å². The molecule has 52 valence electrons. The first-order valence-electron chi connectivity index (χ1n) is 3.76. The largest absolute Gasteiger partial charge is 0.295 e. The van der Waals surface area contributed by atoms with Crippen molar-refractivity contribution in [2.45, 2.75) is 19.3 Å². The van der Waals surface area contributed by atoms with Crippen LogP contribution in [0.15, 0.2) is 23.8 Å². The van der Waals surface area contributed by atoms with E-state index in [4.69, 9.17) is 0 Å². The Morgan fingerprint density at radius 2 is 2.40 bits per heavy atom. The topological polar surface area (TPSA) is 17.1 Å². The first kappa shape index (κ1) is 5.90. The quantitative estimate of drug-likeness (QED) is 0.462. The number of ketones is 1. The van der Waals surface area contributed by atoms with Crippen molar-refractivity contribution in [2.24, 2.45) is 5.92 Å². The number of fused-ring (bicyclic) bond motifs is 1. The summed E-state index contributed by atoms with van der Waals surface area (Å²) in [5, 5.41) is 0. The first-order chi connectivity index (χ1) is 4.86. The number of rotatable bonds is 0. The molecule has 0 fully saturated rings. The van der Waals surface area contributed by atoms with E-state index in [0.717, 1.165) is 19.3 Å². The molecule has 2 aliphatic rings. The van der Waals surface area contributed by atoms with Gasteiger partial charge in [-0.3, -0.25) is 4.79 Å². The van der Waals surface area contributed by atoms with Crippen LogP contribution in [0, 0.1) is 5.92 Å². The van der Waals surface area contributed by atoms with Crippen molar-refractivity contribution in [3.8, 4) is 0 Å². The summed E-state index contributed by atoms with van der Waals surface area (Å²) in [5.41, 5.74) is 1.53. The zero-order chi connectivity index (χ0) is 6.97. The van der Waals surface area contributed by atoms with Gasteiger partial charge in [0.05, 0.1) is 0 Å². The van der Waals surface area contributed by atoms with Crippen molar-refractivity contribution >= 4 is 5.78 Å². The minimum atomic E-state index is 0.291. The zero-order valence-corrected chi connectivity index (χ0v) is 5.84. The molecule has 0 bridgehead atoms. The van der Waals surface area contributed by atoms with Gasteiger partial charge < -0.3 is 0 Å². The van der Waals surface area contributed by atoms with E-state index in [9.17, 15) is 4.79 Å². The van der Waals surface area contributed by atoms with E-state index in [-0.39, 0.29) is 0 Å². The van der Waals surface area contributed by atoms with E-state index < -0.39 is 0 Å². The molecule has 2 rings (SSSR count). The van der Waals surface area contributed by atoms with E-state index in [0.29, 0.717) is 11.7 Å². The normalized spacial score (nSPS) is 30.2. The van der Waals surface area contributed by atoms with Crippen LogP contribution in [0.1, 0.15) is 19.3 Å². The third kappa shape index (κ3) is 1.04. The Kier molecular flexibility index (Phi) is 1.23. The van der Waals surface area contributed by atoms with Crippen LogP contribution in [0.25, 0.3) is 0 Å². The molecule has 1 heteroatoms. The Morgan fingerprint density at radius 1 is 1.50 bits per heavy atom. The minimum Gasteiger partial charge on any atom is -0.295 e.